The third-order valence-corrected chi connectivity index (χ3v) is 1.29. The molecule has 2 nitrogen and oxygen atoms in total. The maximum atomic E-state index is 9.29. The van der Waals surface area contributed by atoms with E-state index >= 15 is 0 Å². The van der Waals surface area contributed by atoms with Crippen molar-refractivity contribution in [2.45, 2.75) is 45.8 Å². The third-order valence-electron chi connectivity index (χ3n) is 1.29. The van der Waals surface area contributed by atoms with Crippen LogP contribution in [0.2, 0.25) is 0 Å². The van der Waals surface area contributed by atoms with E-state index in [4.69, 9.17) is 0 Å². The standard InChI is InChI=1S/C8H19NO/c1-7(2)9-6-5-8(3,4)10/h7,9-10H,5-6H2,1-4H3. The molecule has 62 valence electrons. The lowest BCUT2D eigenvalue weighted by molar-refractivity contribution is 0.0707. The van der Waals surface area contributed by atoms with Crippen LogP contribution in [0.5, 0.6) is 0 Å². The Morgan fingerprint density at radius 1 is 1.40 bits per heavy atom. The Bertz CT molecular complexity index is 83.7. The minimum Gasteiger partial charge on any atom is -0.390 e. The number of hydrogen-bond donors (Lipinski definition) is 2. The van der Waals surface area contributed by atoms with Crippen molar-refractivity contribution in [3.63, 3.8) is 0 Å². The molecule has 0 spiro atoms. The Balaban J connectivity index is 3.21. The van der Waals surface area contributed by atoms with Gasteiger partial charge in [0.15, 0.2) is 0 Å². The van der Waals surface area contributed by atoms with Gasteiger partial charge in [0.1, 0.15) is 0 Å². The van der Waals surface area contributed by atoms with E-state index < -0.39 is 5.60 Å². The smallest absolute Gasteiger partial charge is 0.0603 e. The quantitative estimate of drug-likeness (QED) is 0.622. The zero-order valence-corrected chi connectivity index (χ0v) is 7.44. The Hall–Kier alpha value is -0.0800. The molecule has 0 bridgehead atoms. The SMILES string of the molecule is CC(C)NCCC(C)(C)O. The van der Waals surface area contributed by atoms with Gasteiger partial charge >= 0.3 is 0 Å². The van der Waals surface area contributed by atoms with E-state index in [-0.39, 0.29) is 0 Å². The van der Waals surface area contributed by atoms with E-state index in [0.29, 0.717) is 6.04 Å². The van der Waals surface area contributed by atoms with Gasteiger partial charge in [-0.2, -0.15) is 0 Å². The van der Waals surface area contributed by atoms with Gasteiger partial charge in [0.25, 0.3) is 0 Å². The van der Waals surface area contributed by atoms with Crippen LogP contribution in [0.3, 0.4) is 0 Å². The van der Waals surface area contributed by atoms with Gasteiger partial charge in [-0.05, 0) is 26.8 Å². The first-order chi connectivity index (χ1) is 4.42. The largest absolute Gasteiger partial charge is 0.390 e. The summed E-state index contributed by atoms with van der Waals surface area (Å²) in [5.41, 5.74) is -0.526. The molecule has 2 N–H and O–H groups in total. The topological polar surface area (TPSA) is 32.3 Å². The fraction of sp³-hybridized carbons (Fsp3) is 1.00. The van der Waals surface area contributed by atoms with Gasteiger partial charge in [-0.1, -0.05) is 13.8 Å². The minimum atomic E-state index is -0.526. The fourth-order valence-corrected chi connectivity index (χ4v) is 0.667. The summed E-state index contributed by atoms with van der Waals surface area (Å²) in [5, 5.41) is 12.5. The second-order valence-electron chi connectivity index (χ2n) is 3.67. The zero-order valence-electron chi connectivity index (χ0n) is 7.44. The van der Waals surface area contributed by atoms with Gasteiger partial charge < -0.3 is 10.4 Å². The van der Waals surface area contributed by atoms with Crippen LogP contribution in [0.4, 0.5) is 0 Å². The van der Waals surface area contributed by atoms with Gasteiger partial charge in [0.05, 0.1) is 5.60 Å². The summed E-state index contributed by atoms with van der Waals surface area (Å²) in [4.78, 5) is 0. The van der Waals surface area contributed by atoms with Crippen LogP contribution in [0.15, 0.2) is 0 Å². The summed E-state index contributed by atoms with van der Waals surface area (Å²) in [6.45, 7) is 8.75. The van der Waals surface area contributed by atoms with Crippen LogP contribution in [0.1, 0.15) is 34.1 Å². The predicted molar refractivity (Wildman–Crippen MR) is 44.1 cm³/mol. The Labute approximate surface area is 63.6 Å². The molecular weight excluding hydrogens is 126 g/mol. The summed E-state index contributed by atoms with van der Waals surface area (Å²) >= 11 is 0. The Kier molecular flexibility index (Phi) is 3.91. The van der Waals surface area contributed by atoms with Crippen molar-refractivity contribution >= 4 is 0 Å². The zero-order chi connectivity index (χ0) is 8.20. The number of aliphatic hydroxyl groups is 1. The molecule has 0 aliphatic carbocycles. The second-order valence-corrected chi connectivity index (χ2v) is 3.67. The number of nitrogens with one attached hydrogen (secondary N) is 1. The lowest BCUT2D eigenvalue weighted by atomic mass is 10.1. The molecule has 0 aromatic rings. The summed E-state index contributed by atoms with van der Waals surface area (Å²) in [6.07, 6.45) is 0.811. The van der Waals surface area contributed by atoms with E-state index in [1.807, 2.05) is 13.8 Å². The van der Waals surface area contributed by atoms with E-state index in [1.54, 1.807) is 0 Å². The monoisotopic (exact) mass is 145 g/mol. The summed E-state index contributed by atoms with van der Waals surface area (Å²) in [6, 6.07) is 0.516. The van der Waals surface area contributed by atoms with Crippen LogP contribution in [-0.4, -0.2) is 23.3 Å². The maximum absolute atomic E-state index is 9.29. The van der Waals surface area contributed by atoms with Gasteiger partial charge in [-0.15, -0.1) is 0 Å². The molecule has 0 unspecified atom stereocenters. The average Bonchev–Trinajstić information content (AvgIpc) is 1.59. The molecule has 0 heterocycles. The van der Waals surface area contributed by atoms with Crippen molar-refractivity contribution in [1.29, 1.82) is 0 Å². The molecule has 0 aliphatic rings. The normalized spacial score (nSPS) is 12.6. The predicted octanol–water partition coefficient (Wildman–Crippen LogP) is 1.15. The summed E-state index contributed by atoms with van der Waals surface area (Å²) in [5.74, 6) is 0. The molecule has 10 heavy (non-hydrogen) atoms. The van der Waals surface area contributed by atoms with Crippen molar-refractivity contribution < 1.29 is 5.11 Å². The molecule has 0 saturated carbocycles. The first-order valence-electron chi connectivity index (χ1n) is 3.87. The third kappa shape index (κ3) is 7.92. The van der Waals surface area contributed by atoms with Crippen LogP contribution in [0.25, 0.3) is 0 Å². The highest BCUT2D eigenvalue weighted by Gasteiger charge is 2.10. The minimum absolute atomic E-state index is 0.516. The summed E-state index contributed by atoms with van der Waals surface area (Å²) < 4.78 is 0. The highest BCUT2D eigenvalue weighted by Crippen LogP contribution is 2.04. The van der Waals surface area contributed by atoms with Gasteiger partial charge in [-0.25, -0.2) is 0 Å². The highest BCUT2D eigenvalue weighted by molar-refractivity contribution is 4.67. The van der Waals surface area contributed by atoms with E-state index in [9.17, 15) is 5.11 Å². The molecule has 0 fully saturated rings. The molecular formula is C8H19NO. The van der Waals surface area contributed by atoms with E-state index in [1.165, 1.54) is 0 Å². The first-order valence-corrected chi connectivity index (χ1v) is 3.87. The van der Waals surface area contributed by atoms with Crippen LogP contribution < -0.4 is 5.32 Å². The molecule has 0 aromatic carbocycles. The van der Waals surface area contributed by atoms with Crippen molar-refractivity contribution in [2.75, 3.05) is 6.54 Å². The van der Waals surface area contributed by atoms with Crippen LogP contribution in [-0.2, 0) is 0 Å². The van der Waals surface area contributed by atoms with Crippen molar-refractivity contribution in [3.05, 3.63) is 0 Å². The molecule has 0 aromatic heterocycles. The van der Waals surface area contributed by atoms with Crippen LogP contribution >= 0.6 is 0 Å². The number of hydrogen-bond acceptors (Lipinski definition) is 2. The lowest BCUT2D eigenvalue weighted by Crippen LogP contribution is -2.30. The van der Waals surface area contributed by atoms with Crippen molar-refractivity contribution in [1.82, 2.24) is 5.32 Å². The first kappa shape index (κ1) is 9.92. The molecule has 0 atom stereocenters. The van der Waals surface area contributed by atoms with Crippen LogP contribution in [0, 0.1) is 0 Å². The highest BCUT2D eigenvalue weighted by atomic mass is 16.3. The lowest BCUT2D eigenvalue weighted by Gasteiger charge is -2.17. The molecule has 2 heteroatoms. The molecule has 0 aliphatic heterocycles. The molecule has 0 radical (unpaired) electrons. The maximum Gasteiger partial charge on any atom is 0.0603 e. The Morgan fingerprint density at radius 2 is 1.90 bits per heavy atom. The molecule has 0 amide bonds. The van der Waals surface area contributed by atoms with E-state index in [0.717, 1.165) is 13.0 Å². The second kappa shape index (κ2) is 3.94. The average molecular weight is 145 g/mol. The van der Waals surface area contributed by atoms with Crippen molar-refractivity contribution in [2.24, 2.45) is 0 Å². The Morgan fingerprint density at radius 3 is 2.20 bits per heavy atom. The molecule has 0 saturated heterocycles. The van der Waals surface area contributed by atoms with Gasteiger partial charge in [-0.3, -0.25) is 0 Å². The van der Waals surface area contributed by atoms with Crippen molar-refractivity contribution in [3.8, 4) is 0 Å². The summed E-state index contributed by atoms with van der Waals surface area (Å²) in [7, 11) is 0. The van der Waals surface area contributed by atoms with Gasteiger partial charge in [0.2, 0.25) is 0 Å². The van der Waals surface area contributed by atoms with Gasteiger partial charge in [0, 0.05) is 6.04 Å². The molecule has 0 rings (SSSR count). The number of rotatable bonds is 4. The fourth-order valence-electron chi connectivity index (χ4n) is 0.667. The van der Waals surface area contributed by atoms with E-state index in [2.05, 4.69) is 19.2 Å².